The van der Waals surface area contributed by atoms with Crippen LogP contribution < -0.4 is 5.32 Å². The Hall–Kier alpha value is -0.930. The van der Waals surface area contributed by atoms with Crippen LogP contribution in [0.5, 0.6) is 0 Å². The van der Waals surface area contributed by atoms with Gasteiger partial charge >= 0.3 is 0 Å². The Morgan fingerprint density at radius 3 is 2.69 bits per heavy atom. The van der Waals surface area contributed by atoms with Gasteiger partial charge in [0, 0.05) is 36.0 Å². The topological polar surface area (TPSA) is 34.1 Å². The van der Waals surface area contributed by atoms with Crippen LogP contribution >= 0.6 is 0 Å². The van der Waals surface area contributed by atoms with Crippen molar-refractivity contribution in [1.82, 2.24) is 10.3 Å². The molecule has 0 aliphatic carbocycles. The van der Waals surface area contributed by atoms with Crippen LogP contribution in [-0.2, 0) is 10.2 Å². The van der Waals surface area contributed by atoms with Gasteiger partial charge in [0.25, 0.3) is 0 Å². The summed E-state index contributed by atoms with van der Waals surface area (Å²) in [6.07, 6.45) is 2.10. The van der Waals surface area contributed by atoms with Gasteiger partial charge in [-0.05, 0) is 6.07 Å². The number of hydrogen-bond acceptors (Lipinski definition) is 3. The van der Waals surface area contributed by atoms with Gasteiger partial charge in [-0.3, -0.25) is 4.98 Å². The van der Waals surface area contributed by atoms with E-state index < -0.39 is 0 Å². The number of morpholine rings is 1. The number of rotatable bonds is 1. The van der Waals surface area contributed by atoms with Crippen molar-refractivity contribution in [2.75, 3.05) is 19.7 Å². The number of pyridine rings is 1. The molecule has 1 N–H and O–H groups in total. The fourth-order valence-corrected chi connectivity index (χ4v) is 1.82. The summed E-state index contributed by atoms with van der Waals surface area (Å²) in [4.78, 5) is 4.52. The van der Waals surface area contributed by atoms with E-state index in [1.165, 1.54) is 5.56 Å². The second-order valence-electron chi connectivity index (χ2n) is 5.29. The zero-order valence-electron chi connectivity index (χ0n) is 10.3. The highest BCUT2D eigenvalue weighted by Crippen LogP contribution is 2.23. The molecular formula is C13H20N2O. The predicted molar refractivity (Wildman–Crippen MR) is 64.5 cm³/mol. The molecule has 1 saturated heterocycles. The lowest BCUT2D eigenvalue weighted by atomic mass is 9.91. The van der Waals surface area contributed by atoms with Crippen LogP contribution in [0.4, 0.5) is 0 Å². The van der Waals surface area contributed by atoms with Crippen LogP contribution in [0.25, 0.3) is 0 Å². The average Bonchev–Trinajstić information content (AvgIpc) is 2.29. The summed E-state index contributed by atoms with van der Waals surface area (Å²) in [5.41, 5.74) is 2.41. The Labute approximate surface area is 97.2 Å². The fourth-order valence-electron chi connectivity index (χ4n) is 1.82. The van der Waals surface area contributed by atoms with Crippen molar-refractivity contribution in [1.29, 1.82) is 0 Å². The first-order chi connectivity index (χ1) is 7.57. The number of nitrogens with zero attached hydrogens (tertiary/aromatic N) is 1. The maximum absolute atomic E-state index is 5.69. The maximum atomic E-state index is 5.69. The Morgan fingerprint density at radius 1 is 1.38 bits per heavy atom. The van der Waals surface area contributed by atoms with Crippen molar-refractivity contribution in [3.63, 3.8) is 0 Å². The van der Waals surface area contributed by atoms with E-state index >= 15 is 0 Å². The van der Waals surface area contributed by atoms with Gasteiger partial charge in [0.2, 0.25) is 0 Å². The Balaban J connectivity index is 2.12. The van der Waals surface area contributed by atoms with Crippen LogP contribution in [0.1, 0.15) is 38.1 Å². The van der Waals surface area contributed by atoms with Crippen molar-refractivity contribution in [2.45, 2.75) is 32.3 Å². The standard InChI is InChI=1S/C13H20N2O/c1-13(2,3)12-5-4-10(8-15-12)11-9-14-6-7-16-11/h4-5,8,11,14H,6-7,9H2,1-3H3/t11-/m1/s1. The molecule has 1 aromatic heterocycles. The van der Waals surface area contributed by atoms with E-state index in [9.17, 15) is 0 Å². The summed E-state index contributed by atoms with van der Waals surface area (Å²) in [5, 5.41) is 3.33. The van der Waals surface area contributed by atoms with Gasteiger partial charge in [0.05, 0.1) is 12.7 Å². The highest BCUT2D eigenvalue weighted by Gasteiger charge is 2.18. The van der Waals surface area contributed by atoms with Gasteiger partial charge in [-0.25, -0.2) is 0 Å². The zero-order chi connectivity index (χ0) is 11.6. The van der Waals surface area contributed by atoms with Crippen LogP contribution in [0.2, 0.25) is 0 Å². The monoisotopic (exact) mass is 220 g/mol. The third kappa shape index (κ3) is 2.60. The summed E-state index contributed by atoms with van der Waals surface area (Å²) >= 11 is 0. The summed E-state index contributed by atoms with van der Waals surface area (Å²) in [5.74, 6) is 0. The van der Waals surface area contributed by atoms with Crippen molar-refractivity contribution in [3.05, 3.63) is 29.6 Å². The lowest BCUT2D eigenvalue weighted by Crippen LogP contribution is -2.33. The minimum absolute atomic E-state index is 0.115. The molecule has 3 heteroatoms. The molecule has 0 amide bonds. The molecule has 1 aromatic rings. The van der Waals surface area contributed by atoms with E-state index in [1.807, 2.05) is 6.20 Å². The van der Waals surface area contributed by atoms with E-state index in [0.29, 0.717) is 0 Å². The minimum atomic E-state index is 0.115. The van der Waals surface area contributed by atoms with E-state index in [1.54, 1.807) is 0 Å². The summed E-state index contributed by atoms with van der Waals surface area (Å²) in [7, 11) is 0. The van der Waals surface area contributed by atoms with E-state index in [2.05, 4.69) is 43.2 Å². The molecule has 1 atom stereocenters. The number of ether oxygens (including phenoxy) is 1. The number of aromatic nitrogens is 1. The quantitative estimate of drug-likeness (QED) is 0.786. The first-order valence-electron chi connectivity index (χ1n) is 5.86. The van der Waals surface area contributed by atoms with Gasteiger partial charge in [0.15, 0.2) is 0 Å². The lowest BCUT2D eigenvalue weighted by molar-refractivity contribution is 0.0274. The van der Waals surface area contributed by atoms with Gasteiger partial charge < -0.3 is 10.1 Å². The van der Waals surface area contributed by atoms with E-state index in [4.69, 9.17) is 4.74 Å². The largest absolute Gasteiger partial charge is 0.371 e. The summed E-state index contributed by atoms with van der Waals surface area (Å²) in [6, 6.07) is 4.23. The second kappa shape index (κ2) is 4.52. The predicted octanol–water partition coefficient (Wildman–Crippen LogP) is 2.04. The number of nitrogens with one attached hydrogen (secondary N) is 1. The Kier molecular flexibility index (Phi) is 3.26. The van der Waals surface area contributed by atoms with Crippen LogP contribution in [0.3, 0.4) is 0 Å². The normalized spacial score (nSPS) is 22.1. The van der Waals surface area contributed by atoms with Crippen molar-refractivity contribution < 1.29 is 4.74 Å². The average molecular weight is 220 g/mol. The Morgan fingerprint density at radius 2 is 2.19 bits per heavy atom. The van der Waals surface area contributed by atoms with Gasteiger partial charge in [-0.1, -0.05) is 26.8 Å². The molecule has 0 radical (unpaired) electrons. The fraction of sp³-hybridized carbons (Fsp3) is 0.615. The molecule has 0 spiro atoms. The van der Waals surface area contributed by atoms with Gasteiger partial charge in [-0.15, -0.1) is 0 Å². The van der Waals surface area contributed by atoms with Crippen molar-refractivity contribution in [3.8, 4) is 0 Å². The number of hydrogen-bond donors (Lipinski definition) is 1. The third-order valence-electron chi connectivity index (χ3n) is 2.85. The van der Waals surface area contributed by atoms with E-state index in [-0.39, 0.29) is 11.5 Å². The molecule has 1 aliphatic heterocycles. The second-order valence-corrected chi connectivity index (χ2v) is 5.29. The highest BCUT2D eigenvalue weighted by molar-refractivity contribution is 5.21. The first-order valence-corrected chi connectivity index (χ1v) is 5.86. The van der Waals surface area contributed by atoms with Crippen molar-refractivity contribution >= 4 is 0 Å². The van der Waals surface area contributed by atoms with Crippen molar-refractivity contribution in [2.24, 2.45) is 0 Å². The molecule has 3 nitrogen and oxygen atoms in total. The third-order valence-corrected chi connectivity index (χ3v) is 2.85. The molecule has 2 heterocycles. The molecule has 0 saturated carbocycles. The van der Waals surface area contributed by atoms with Gasteiger partial charge in [-0.2, -0.15) is 0 Å². The molecule has 88 valence electrons. The maximum Gasteiger partial charge on any atom is 0.0964 e. The van der Waals surface area contributed by atoms with Gasteiger partial charge in [0.1, 0.15) is 0 Å². The summed E-state index contributed by atoms with van der Waals surface area (Å²) in [6.45, 7) is 9.14. The minimum Gasteiger partial charge on any atom is -0.371 e. The van der Waals surface area contributed by atoms with Crippen LogP contribution in [0.15, 0.2) is 18.3 Å². The molecular weight excluding hydrogens is 200 g/mol. The molecule has 2 rings (SSSR count). The Bertz CT molecular complexity index is 334. The van der Waals surface area contributed by atoms with E-state index in [0.717, 1.165) is 25.4 Å². The smallest absolute Gasteiger partial charge is 0.0964 e. The zero-order valence-corrected chi connectivity index (χ0v) is 10.3. The molecule has 0 aromatic carbocycles. The lowest BCUT2D eigenvalue weighted by Gasteiger charge is -2.24. The molecule has 0 bridgehead atoms. The highest BCUT2D eigenvalue weighted by atomic mass is 16.5. The first kappa shape index (κ1) is 11.6. The SMILES string of the molecule is CC(C)(C)c1ccc([C@H]2CNCCO2)cn1. The summed E-state index contributed by atoms with van der Waals surface area (Å²) < 4.78 is 5.69. The molecule has 0 unspecified atom stereocenters. The van der Waals surface area contributed by atoms with Crippen LogP contribution in [-0.4, -0.2) is 24.7 Å². The molecule has 1 aliphatic rings. The van der Waals surface area contributed by atoms with Crippen LogP contribution in [0, 0.1) is 0 Å². The molecule has 16 heavy (non-hydrogen) atoms. The molecule has 1 fully saturated rings.